The third-order valence-electron chi connectivity index (χ3n) is 2.75. The van der Waals surface area contributed by atoms with Gasteiger partial charge in [0.25, 0.3) is 0 Å². The zero-order valence-corrected chi connectivity index (χ0v) is 12.6. The van der Waals surface area contributed by atoms with Crippen molar-refractivity contribution in [2.75, 3.05) is 33.9 Å². The Hall–Kier alpha value is -1.14. The Morgan fingerprint density at radius 1 is 1.35 bits per heavy atom. The van der Waals surface area contributed by atoms with Crippen molar-refractivity contribution < 1.29 is 14.3 Å². The molecule has 0 saturated carbocycles. The molecule has 6 heteroatoms. The van der Waals surface area contributed by atoms with E-state index in [9.17, 15) is 4.79 Å². The van der Waals surface area contributed by atoms with Crippen LogP contribution >= 0.6 is 11.6 Å². The third-order valence-corrected chi connectivity index (χ3v) is 2.98. The van der Waals surface area contributed by atoms with E-state index in [1.165, 1.54) is 0 Å². The van der Waals surface area contributed by atoms with E-state index in [0.717, 1.165) is 12.0 Å². The maximum Gasteiger partial charge on any atom is 0.233 e. The van der Waals surface area contributed by atoms with Crippen LogP contribution in [0.15, 0.2) is 24.3 Å². The summed E-state index contributed by atoms with van der Waals surface area (Å²) in [6.45, 7) is 1.28. The van der Waals surface area contributed by atoms with Crippen molar-refractivity contribution in [3.05, 3.63) is 34.9 Å². The number of benzene rings is 1. The van der Waals surface area contributed by atoms with Gasteiger partial charge in [-0.05, 0) is 24.1 Å². The Labute approximate surface area is 124 Å². The summed E-state index contributed by atoms with van der Waals surface area (Å²) in [7, 11) is 3.11. The zero-order chi connectivity index (χ0) is 14.8. The normalized spacial score (nSPS) is 10.8. The van der Waals surface area contributed by atoms with Gasteiger partial charge < -0.3 is 20.1 Å². The lowest BCUT2D eigenvalue weighted by Crippen LogP contribution is -2.38. The van der Waals surface area contributed by atoms with Crippen LogP contribution in [-0.4, -0.2) is 46.1 Å². The summed E-state index contributed by atoms with van der Waals surface area (Å²) in [5, 5.41) is 6.50. The Kier molecular flexibility index (Phi) is 8.22. The monoisotopic (exact) mass is 300 g/mol. The van der Waals surface area contributed by atoms with Crippen molar-refractivity contribution in [3.63, 3.8) is 0 Å². The molecule has 0 fully saturated rings. The molecule has 5 nitrogen and oxygen atoms in total. The zero-order valence-electron chi connectivity index (χ0n) is 11.8. The summed E-state index contributed by atoms with van der Waals surface area (Å²) in [6.07, 6.45) is 0.416. The molecule has 0 aromatic heterocycles. The first-order chi connectivity index (χ1) is 9.65. The second kappa shape index (κ2) is 9.72. The molecular weight excluding hydrogens is 280 g/mol. The molecule has 0 atom stereocenters. The number of methoxy groups -OCH3 is 2. The third kappa shape index (κ3) is 6.86. The average Bonchev–Trinajstić information content (AvgIpc) is 2.44. The molecule has 1 aromatic rings. The molecule has 112 valence electrons. The summed E-state index contributed by atoms with van der Waals surface area (Å²) < 4.78 is 10.0. The fourth-order valence-electron chi connectivity index (χ4n) is 1.67. The van der Waals surface area contributed by atoms with Crippen LogP contribution in [0.4, 0.5) is 0 Å². The standard InChI is InChI=1S/C14H21ClN2O3/c1-19-14(20-2)10-16-9-13(18)17-7-6-11-4-3-5-12(15)8-11/h3-5,8,14,16H,6-7,9-10H2,1-2H3,(H,17,18). The van der Waals surface area contributed by atoms with Crippen LogP contribution in [0.3, 0.4) is 0 Å². The fraction of sp³-hybridized carbons (Fsp3) is 0.500. The number of nitrogens with one attached hydrogen (secondary N) is 2. The number of halogens is 1. The topological polar surface area (TPSA) is 59.6 Å². The Balaban J connectivity index is 2.14. The van der Waals surface area contributed by atoms with Crippen LogP contribution in [-0.2, 0) is 20.7 Å². The number of carbonyl (C=O) groups is 1. The van der Waals surface area contributed by atoms with Crippen LogP contribution < -0.4 is 10.6 Å². The number of rotatable bonds is 9. The molecule has 1 aromatic carbocycles. The molecule has 0 heterocycles. The number of amides is 1. The smallest absolute Gasteiger partial charge is 0.233 e. The van der Waals surface area contributed by atoms with Crippen molar-refractivity contribution in [1.29, 1.82) is 0 Å². The van der Waals surface area contributed by atoms with E-state index >= 15 is 0 Å². The Morgan fingerprint density at radius 2 is 2.10 bits per heavy atom. The first kappa shape index (κ1) is 16.9. The van der Waals surface area contributed by atoms with Crippen molar-refractivity contribution in [2.45, 2.75) is 12.7 Å². The molecule has 1 amide bonds. The Bertz CT molecular complexity index is 411. The maximum absolute atomic E-state index is 11.6. The van der Waals surface area contributed by atoms with E-state index in [0.29, 0.717) is 18.1 Å². The fourth-order valence-corrected chi connectivity index (χ4v) is 1.88. The molecule has 0 aliphatic rings. The molecule has 0 unspecified atom stereocenters. The van der Waals surface area contributed by atoms with E-state index in [4.69, 9.17) is 21.1 Å². The first-order valence-corrected chi connectivity index (χ1v) is 6.81. The molecule has 2 N–H and O–H groups in total. The van der Waals surface area contributed by atoms with Crippen LogP contribution in [0.1, 0.15) is 5.56 Å². The summed E-state index contributed by atoms with van der Waals surface area (Å²) in [5.74, 6) is -0.0574. The van der Waals surface area contributed by atoms with Gasteiger partial charge in [-0.25, -0.2) is 0 Å². The molecule has 0 bridgehead atoms. The van der Waals surface area contributed by atoms with Crippen molar-refractivity contribution in [2.24, 2.45) is 0 Å². The predicted molar refractivity (Wildman–Crippen MR) is 78.8 cm³/mol. The molecule has 0 aliphatic heterocycles. The van der Waals surface area contributed by atoms with Crippen molar-refractivity contribution in [1.82, 2.24) is 10.6 Å². The molecule has 0 aliphatic carbocycles. The molecule has 0 spiro atoms. The highest BCUT2D eigenvalue weighted by Gasteiger charge is 2.06. The van der Waals surface area contributed by atoms with E-state index in [2.05, 4.69) is 10.6 Å². The van der Waals surface area contributed by atoms with Crippen molar-refractivity contribution in [3.8, 4) is 0 Å². The lowest BCUT2D eigenvalue weighted by molar-refractivity contribution is -0.121. The largest absolute Gasteiger partial charge is 0.355 e. The van der Waals surface area contributed by atoms with Gasteiger partial charge in [0.15, 0.2) is 6.29 Å². The summed E-state index contributed by atoms with van der Waals surface area (Å²) in [6, 6.07) is 7.61. The van der Waals surface area contributed by atoms with Gasteiger partial charge in [-0.15, -0.1) is 0 Å². The van der Waals surface area contributed by atoms with Crippen LogP contribution in [0, 0.1) is 0 Å². The minimum absolute atomic E-state index is 0.0574. The summed E-state index contributed by atoms with van der Waals surface area (Å²) in [5.41, 5.74) is 1.10. The van der Waals surface area contributed by atoms with Gasteiger partial charge in [-0.2, -0.15) is 0 Å². The minimum atomic E-state index is -0.339. The minimum Gasteiger partial charge on any atom is -0.355 e. The van der Waals surface area contributed by atoms with E-state index in [-0.39, 0.29) is 18.7 Å². The lowest BCUT2D eigenvalue weighted by Gasteiger charge is -2.13. The highest BCUT2D eigenvalue weighted by Crippen LogP contribution is 2.10. The van der Waals surface area contributed by atoms with Crippen molar-refractivity contribution >= 4 is 17.5 Å². The molecule has 0 radical (unpaired) electrons. The van der Waals surface area contributed by atoms with Gasteiger partial charge in [0.1, 0.15) is 0 Å². The van der Waals surface area contributed by atoms with Crippen LogP contribution in [0.2, 0.25) is 5.02 Å². The number of hydrogen-bond acceptors (Lipinski definition) is 4. The van der Waals surface area contributed by atoms with Gasteiger partial charge in [0.2, 0.25) is 5.91 Å². The number of ether oxygens (including phenoxy) is 2. The van der Waals surface area contributed by atoms with E-state index in [1.54, 1.807) is 14.2 Å². The molecule has 20 heavy (non-hydrogen) atoms. The average molecular weight is 301 g/mol. The molecule has 1 rings (SSSR count). The predicted octanol–water partition coefficient (Wildman–Crippen LogP) is 1.21. The lowest BCUT2D eigenvalue weighted by atomic mass is 10.1. The number of carbonyl (C=O) groups excluding carboxylic acids is 1. The second-order valence-corrected chi connectivity index (χ2v) is 4.70. The van der Waals surface area contributed by atoms with E-state index < -0.39 is 0 Å². The molecule has 0 saturated heterocycles. The van der Waals surface area contributed by atoms with Gasteiger partial charge in [0, 0.05) is 32.3 Å². The highest BCUT2D eigenvalue weighted by atomic mass is 35.5. The quantitative estimate of drug-likeness (QED) is 0.673. The molecular formula is C14H21ClN2O3. The maximum atomic E-state index is 11.6. The van der Waals surface area contributed by atoms with Gasteiger partial charge >= 0.3 is 0 Å². The van der Waals surface area contributed by atoms with Crippen LogP contribution in [0.25, 0.3) is 0 Å². The van der Waals surface area contributed by atoms with Gasteiger partial charge in [-0.3, -0.25) is 4.79 Å². The number of hydrogen-bond donors (Lipinski definition) is 2. The highest BCUT2D eigenvalue weighted by molar-refractivity contribution is 6.30. The van der Waals surface area contributed by atoms with E-state index in [1.807, 2.05) is 24.3 Å². The first-order valence-electron chi connectivity index (χ1n) is 6.43. The van der Waals surface area contributed by atoms with Crippen LogP contribution in [0.5, 0.6) is 0 Å². The van der Waals surface area contributed by atoms with Gasteiger partial charge in [0.05, 0.1) is 6.54 Å². The Morgan fingerprint density at radius 3 is 2.75 bits per heavy atom. The van der Waals surface area contributed by atoms with Gasteiger partial charge in [-0.1, -0.05) is 23.7 Å². The summed E-state index contributed by atoms with van der Waals surface area (Å²) >= 11 is 5.89. The second-order valence-electron chi connectivity index (χ2n) is 4.26. The summed E-state index contributed by atoms with van der Waals surface area (Å²) in [4.78, 5) is 11.6. The SMILES string of the molecule is COC(CNCC(=O)NCCc1cccc(Cl)c1)OC.